The van der Waals surface area contributed by atoms with Crippen molar-refractivity contribution in [1.29, 1.82) is 0 Å². The molecule has 0 aliphatic carbocycles. The molecule has 0 radical (unpaired) electrons. The number of carbonyl (C=O) groups excluding carboxylic acids is 2. The third kappa shape index (κ3) is 6.16. The lowest BCUT2D eigenvalue weighted by atomic mass is 9.97. The summed E-state index contributed by atoms with van der Waals surface area (Å²) in [4.78, 5) is 29.6. The van der Waals surface area contributed by atoms with Gasteiger partial charge in [-0.15, -0.1) is 0 Å². The van der Waals surface area contributed by atoms with Gasteiger partial charge in [-0.3, -0.25) is 4.79 Å². The van der Waals surface area contributed by atoms with E-state index < -0.39 is 5.97 Å². The predicted octanol–water partition coefficient (Wildman–Crippen LogP) is 4.49. The fourth-order valence-electron chi connectivity index (χ4n) is 4.34. The molecule has 0 bridgehead atoms. The quantitative estimate of drug-likeness (QED) is 0.343. The summed E-state index contributed by atoms with van der Waals surface area (Å²) in [7, 11) is 10.3. The van der Waals surface area contributed by atoms with Gasteiger partial charge in [0.2, 0.25) is 0 Å². The molecule has 204 valence electrons. The largest absolute Gasteiger partial charge is 0.496 e. The van der Waals surface area contributed by atoms with Gasteiger partial charge in [0.1, 0.15) is 11.5 Å². The molecule has 0 aliphatic rings. The summed E-state index contributed by atoms with van der Waals surface area (Å²) in [5.41, 5.74) is 3.64. The maximum atomic E-state index is 13.2. The molecule has 9 nitrogen and oxygen atoms in total. The number of esters is 1. The second kappa shape index (κ2) is 12.6. The normalized spacial score (nSPS) is 11.1. The summed E-state index contributed by atoms with van der Waals surface area (Å²) in [6.07, 6.45) is 0.887. The minimum Gasteiger partial charge on any atom is -0.496 e. The molecule has 0 saturated carbocycles. The van der Waals surface area contributed by atoms with Crippen molar-refractivity contribution in [3.63, 3.8) is 0 Å². The molecule has 0 N–H and O–H groups in total. The second-order valence-electron chi connectivity index (χ2n) is 9.67. The second-order valence-corrected chi connectivity index (χ2v) is 9.67. The number of hydrogen-bond donors (Lipinski definition) is 0. The Balaban J connectivity index is 2.15. The molecule has 3 aromatic rings. The van der Waals surface area contributed by atoms with Crippen molar-refractivity contribution in [2.75, 3.05) is 55.6 Å². The number of nitrogens with zero attached hydrogens (tertiary/aromatic N) is 4. The molecule has 0 unspecified atom stereocenters. The lowest BCUT2D eigenvalue weighted by molar-refractivity contribution is 0.0593. The van der Waals surface area contributed by atoms with Crippen LogP contribution in [0.25, 0.3) is 16.9 Å². The minimum absolute atomic E-state index is 0.0421. The summed E-state index contributed by atoms with van der Waals surface area (Å²) >= 11 is 0. The van der Waals surface area contributed by atoms with Crippen LogP contribution in [0.4, 0.5) is 0 Å². The molecule has 0 fully saturated rings. The maximum absolute atomic E-state index is 13.2. The van der Waals surface area contributed by atoms with Gasteiger partial charge in [-0.05, 0) is 74.9 Å². The van der Waals surface area contributed by atoms with Crippen molar-refractivity contribution in [2.24, 2.45) is 0 Å². The third-order valence-electron chi connectivity index (χ3n) is 6.36. The van der Waals surface area contributed by atoms with E-state index in [0.717, 1.165) is 24.2 Å². The van der Waals surface area contributed by atoms with Crippen molar-refractivity contribution in [2.45, 2.75) is 26.2 Å². The van der Waals surface area contributed by atoms with Crippen LogP contribution >= 0.6 is 0 Å². The first-order valence-electron chi connectivity index (χ1n) is 12.6. The highest BCUT2D eigenvalue weighted by Gasteiger charge is 2.25. The molecule has 2 aromatic carbocycles. The molecule has 3 rings (SSSR count). The van der Waals surface area contributed by atoms with Crippen molar-refractivity contribution >= 4 is 11.9 Å². The number of carbonyl (C=O) groups is 2. The first-order chi connectivity index (χ1) is 18.1. The Kier molecular flexibility index (Phi) is 9.52. The van der Waals surface area contributed by atoms with Crippen LogP contribution in [-0.4, -0.2) is 87.0 Å². The van der Waals surface area contributed by atoms with Crippen molar-refractivity contribution < 1.29 is 23.8 Å². The van der Waals surface area contributed by atoms with Crippen molar-refractivity contribution in [3.05, 3.63) is 59.3 Å². The Bertz CT molecular complexity index is 1260. The number of hydrogen-bond acceptors (Lipinski definition) is 7. The zero-order chi connectivity index (χ0) is 28.0. The van der Waals surface area contributed by atoms with Crippen molar-refractivity contribution in [3.8, 4) is 28.4 Å². The Morgan fingerprint density at radius 3 is 2.16 bits per heavy atom. The number of ether oxygens (including phenoxy) is 3. The van der Waals surface area contributed by atoms with Gasteiger partial charge in [-0.1, -0.05) is 19.9 Å². The first kappa shape index (κ1) is 28.7. The molecule has 38 heavy (non-hydrogen) atoms. The van der Waals surface area contributed by atoms with E-state index in [-0.39, 0.29) is 17.5 Å². The minimum atomic E-state index is -0.559. The first-order valence-corrected chi connectivity index (χ1v) is 12.6. The number of rotatable bonds is 11. The summed E-state index contributed by atoms with van der Waals surface area (Å²) < 4.78 is 17.9. The summed E-state index contributed by atoms with van der Waals surface area (Å²) in [5.74, 6) is 0.601. The molecule has 0 atom stereocenters. The zero-order valence-corrected chi connectivity index (χ0v) is 23.6. The van der Waals surface area contributed by atoms with Gasteiger partial charge in [0.05, 0.1) is 38.3 Å². The monoisotopic (exact) mass is 522 g/mol. The van der Waals surface area contributed by atoms with Gasteiger partial charge in [0.25, 0.3) is 5.91 Å². The van der Waals surface area contributed by atoms with Crippen LogP contribution in [0.5, 0.6) is 11.5 Å². The molecular weight excluding hydrogens is 484 g/mol. The van der Waals surface area contributed by atoms with Crippen LogP contribution in [0.2, 0.25) is 0 Å². The van der Waals surface area contributed by atoms with Crippen LogP contribution in [0, 0.1) is 0 Å². The van der Waals surface area contributed by atoms with Gasteiger partial charge in [-0.25, -0.2) is 9.48 Å². The number of methoxy groups -OCH3 is 3. The van der Waals surface area contributed by atoms with E-state index in [2.05, 4.69) is 23.8 Å². The molecule has 1 aromatic heterocycles. The highest BCUT2D eigenvalue weighted by molar-refractivity contribution is 5.95. The summed E-state index contributed by atoms with van der Waals surface area (Å²) in [6.45, 7) is 5.68. The lowest BCUT2D eigenvalue weighted by Crippen LogP contribution is -2.30. The van der Waals surface area contributed by atoms with E-state index in [1.165, 1.54) is 7.11 Å². The van der Waals surface area contributed by atoms with Crippen LogP contribution in [0.1, 0.15) is 52.6 Å². The molecule has 0 aliphatic heterocycles. The Morgan fingerprint density at radius 1 is 0.947 bits per heavy atom. The standard InChI is InChI=1S/C29H38N4O5/c1-19(2)21-17-20(28(34)32(5)16-10-15-31(3)4)13-14-23(21)33-24(18-22(30-33)29(35)38-8)27-25(36-6)11-9-12-26(27)37-7/h9,11-14,17-19H,10,15-16H2,1-8H3. The number of amides is 1. The van der Waals surface area contributed by atoms with E-state index in [1.54, 1.807) is 35.9 Å². The van der Waals surface area contributed by atoms with Crippen LogP contribution < -0.4 is 9.47 Å². The summed E-state index contributed by atoms with van der Waals surface area (Å²) in [5, 5.41) is 4.62. The van der Waals surface area contributed by atoms with Gasteiger partial charge >= 0.3 is 5.97 Å². The molecule has 0 spiro atoms. The molecule has 9 heteroatoms. The van der Waals surface area contributed by atoms with E-state index in [1.807, 2.05) is 51.5 Å². The van der Waals surface area contributed by atoms with E-state index in [4.69, 9.17) is 14.2 Å². The maximum Gasteiger partial charge on any atom is 0.358 e. The Morgan fingerprint density at radius 2 is 1.61 bits per heavy atom. The number of benzene rings is 2. The topological polar surface area (TPSA) is 86.1 Å². The van der Waals surface area contributed by atoms with Gasteiger partial charge in [-0.2, -0.15) is 5.10 Å². The van der Waals surface area contributed by atoms with Gasteiger partial charge in [0, 0.05) is 19.2 Å². The Hall–Kier alpha value is -3.85. The van der Waals surface area contributed by atoms with Crippen LogP contribution in [0.3, 0.4) is 0 Å². The molecular formula is C29H38N4O5. The van der Waals surface area contributed by atoms with Gasteiger partial charge in [0.15, 0.2) is 5.69 Å². The van der Waals surface area contributed by atoms with Crippen LogP contribution in [0.15, 0.2) is 42.5 Å². The third-order valence-corrected chi connectivity index (χ3v) is 6.36. The number of aromatic nitrogens is 2. The smallest absolute Gasteiger partial charge is 0.358 e. The predicted molar refractivity (Wildman–Crippen MR) is 148 cm³/mol. The average Bonchev–Trinajstić information content (AvgIpc) is 3.35. The molecule has 1 heterocycles. The zero-order valence-electron chi connectivity index (χ0n) is 23.6. The van der Waals surface area contributed by atoms with Gasteiger partial charge < -0.3 is 24.0 Å². The molecule has 0 saturated heterocycles. The van der Waals surface area contributed by atoms with Crippen LogP contribution in [-0.2, 0) is 4.74 Å². The molecule has 1 amide bonds. The fraction of sp³-hybridized carbons (Fsp3) is 0.414. The highest BCUT2D eigenvalue weighted by Crippen LogP contribution is 2.40. The fourth-order valence-corrected chi connectivity index (χ4v) is 4.34. The highest BCUT2D eigenvalue weighted by atomic mass is 16.5. The lowest BCUT2D eigenvalue weighted by Gasteiger charge is -2.21. The van der Waals surface area contributed by atoms with E-state index >= 15 is 0 Å². The van der Waals surface area contributed by atoms with Crippen molar-refractivity contribution in [1.82, 2.24) is 19.6 Å². The van der Waals surface area contributed by atoms with E-state index in [0.29, 0.717) is 34.9 Å². The SMILES string of the molecule is COC(=O)c1cc(-c2c(OC)cccc2OC)n(-c2ccc(C(=O)N(C)CCCN(C)C)cc2C(C)C)n1. The average molecular weight is 523 g/mol. The summed E-state index contributed by atoms with van der Waals surface area (Å²) in [6, 6.07) is 12.7. The van der Waals surface area contributed by atoms with E-state index in [9.17, 15) is 9.59 Å². The Labute approximate surface area is 224 Å².